The van der Waals surface area contributed by atoms with Gasteiger partial charge >= 0.3 is 0 Å². The smallest absolute Gasteiger partial charge is 0.126 e. The molecule has 0 radical (unpaired) electrons. The average molecular weight is 217 g/mol. The van der Waals surface area contributed by atoms with Crippen LogP contribution >= 0.6 is 0 Å². The quantitative estimate of drug-likeness (QED) is 0.853. The summed E-state index contributed by atoms with van der Waals surface area (Å²) in [6.07, 6.45) is 3.50. The lowest BCUT2D eigenvalue weighted by molar-refractivity contribution is 0.589. The van der Waals surface area contributed by atoms with Crippen molar-refractivity contribution >= 4 is 0 Å². The second kappa shape index (κ2) is 4.81. The number of rotatable bonds is 3. The van der Waals surface area contributed by atoms with Crippen LogP contribution in [0.2, 0.25) is 0 Å². The third kappa shape index (κ3) is 2.41. The van der Waals surface area contributed by atoms with E-state index >= 15 is 0 Å². The fourth-order valence-electron chi connectivity index (χ4n) is 1.53. The van der Waals surface area contributed by atoms with Crippen LogP contribution in [0, 0.1) is 5.82 Å². The van der Waals surface area contributed by atoms with Gasteiger partial charge in [-0.05, 0) is 24.1 Å². The highest BCUT2D eigenvalue weighted by Crippen LogP contribution is 2.15. The lowest BCUT2D eigenvalue weighted by Gasteiger charge is -2.10. The van der Waals surface area contributed by atoms with Crippen molar-refractivity contribution in [1.29, 1.82) is 0 Å². The maximum atomic E-state index is 13.4. The zero-order valence-electron chi connectivity index (χ0n) is 8.68. The monoisotopic (exact) mass is 217 g/mol. The fraction of sp³-hybridized carbons (Fsp3) is 0.167. The Labute approximate surface area is 93.2 Å². The molecule has 2 rings (SSSR count). The molecule has 16 heavy (non-hydrogen) atoms. The summed E-state index contributed by atoms with van der Waals surface area (Å²) in [4.78, 5) is 7.86. The van der Waals surface area contributed by atoms with Gasteiger partial charge in [0.15, 0.2) is 0 Å². The number of benzene rings is 1. The summed E-state index contributed by atoms with van der Waals surface area (Å²) in [5, 5.41) is 0. The Morgan fingerprint density at radius 2 is 2.06 bits per heavy atom. The van der Waals surface area contributed by atoms with Gasteiger partial charge in [-0.25, -0.2) is 14.4 Å². The molecule has 2 N–H and O–H groups in total. The number of nitrogens with two attached hydrogens (primary N) is 1. The minimum absolute atomic E-state index is 0.230. The molecule has 1 unspecified atom stereocenters. The lowest BCUT2D eigenvalue weighted by Crippen LogP contribution is -2.15. The van der Waals surface area contributed by atoms with Gasteiger partial charge in [0.2, 0.25) is 0 Å². The van der Waals surface area contributed by atoms with Crippen LogP contribution in [0.15, 0.2) is 42.9 Å². The molecule has 2 aromatic rings. The molecule has 82 valence electrons. The topological polar surface area (TPSA) is 51.8 Å². The summed E-state index contributed by atoms with van der Waals surface area (Å²) < 4.78 is 13.4. The van der Waals surface area contributed by atoms with Crippen LogP contribution in [-0.2, 0) is 6.42 Å². The van der Waals surface area contributed by atoms with Crippen LogP contribution < -0.4 is 5.73 Å². The molecular weight excluding hydrogens is 205 g/mol. The molecule has 0 aliphatic heterocycles. The van der Waals surface area contributed by atoms with E-state index in [2.05, 4.69) is 9.97 Å². The summed E-state index contributed by atoms with van der Waals surface area (Å²) in [5.74, 6) is -0.230. The van der Waals surface area contributed by atoms with E-state index in [4.69, 9.17) is 5.73 Å². The van der Waals surface area contributed by atoms with Crippen molar-refractivity contribution in [2.75, 3.05) is 0 Å². The van der Waals surface area contributed by atoms with E-state index in [0.29, 0.717) is 12.0 Å². The molecule has 0 aliphatic carbocycles. The predicted molar refractivity (Wildman–Crippen MR) is 59.1 cm³/mol. The molecule has 0 amide bonds. The molecule has 0 saturated heterocycles. The molecule has 1 heterocycles. The van der Waals surface area contributed by atoms with Crippen LogP contribution in [0.25, 0.3) is 0 Å². The average Bonchev–Trinajstić information content (AvgIpc) is 2.33. The van der Waals surface area contributed by atoms with E-state index in [1.54, 1.807) is 30.5 Å². The lowest BCUT2D eigenvalue weighted by atomic mass is 10.0. The number of nitrogens with zero attached hydrogens (tertiary/aromatic N) is 2. The SMILES string of the molecule is NC(Cc1ccccc1F)c1ccncn1. The van der Waals surface area contributed by atoms with Crippen molar-refractivity contribution in [1.82, 2.24) is 9.97 Å². The summed E-state index contributed by atoms with van der Waals surface area (Å²) in [5.41, 5.74) is 7.26. The first kappa shape index (κ1) is 10.7. The molecule has 0 fully saturated rings. The van der Waals surface area contributed by atoms with E-state index < -0.39 is 0 Å². The molecule has 3 nitrogen and oxygen atoms in total. The van der Waals surface area contributed by atoms with Crippen LogP contribution in [0.4, 0.5) is 4.39 Å². The van der Waals surface area contributed by atoms with Gasteiger partial charge in [-0.1, -0.05) is 18.2 Å². The number of aromatic nitrogens is 2. The number of hydrogen-bond acceptors (Lipinski definition) is 3. The third-order valence-corrected chi connectivity index (χ3v) is 2.38. The molecule has 0 spiro atoms. The Hall–Kier alpha value is -1.81. The van der Waals surface area contributed by atoms with Gasteiger partial charge in [-0.3, -0.25) is 0 Å². The zero-order valence-corrected chi connectivity index (χ0v) is 8.68. The Morgan fingerprint density at radius 1 is 1.25 bits per heavy atom. The Kier molecular flexibility index (Phi) is 3.22. The van der Waals surface area contributed by atoms with Crippen molar-refractivity contribution in [3.05, 3.63) is 59.9 Å². The van der Waals surface area contributed by atoms with E-state index in [9.17, 15) is 4.39 Å². The van der Waals surface area contributed by atoms with Crippen molar-refractivity contribution < 1.29 is 4.39 Å². The molecule has 1 aromatic carbocycles. The zero-order chi connectivity index (χ0) is 11.4. The highest BCUT2D eigenvalue weighted by Gasteiger charge is 2.10. The van der Waals surface area contributed by atoms with Gasteiger partial charge in [0.25, 0.3) is 0 Å². The summed E-state index contributed by atoms with van der Waals surface area (Å²) in [6.45, 7) is 0. The van der Waals surface area contributed by atoms with Gasteiger partial charge in [0.1, 0.15) is 12.1 Å². The molecule has 0 bridgehead atoms. The predicted octanol–water partition coefficient (Wildman–Crippen LogP) is 1.86. The van der Waals surface area contributed by atoms with Gasteiger partial charge in [-0.2, -0.15) is 0 Å². The molecular formula is C12H12FN3. The molecule has 0 aliphatic rings. The highest BCUT2D eigenvalue weighted by atomic mass is 19.1. The van der Waals surface area contributed by atoms with Crippen LogP contribution in [-0.4, -0.2) is 9.97 Å². The van der Waals surface area contributed by atoms with Crippen LogP contribution in [0.3, 0.4) is 0 Å². The maximum Gasteiger partial charge on any atom is 0.126 e. The first-order valence-corrected chi connectivity index (χ1v) is 5.02. The van der Waals surface area contributed by atoms with Gasteiger partial charge in [0, 0.05) is 6.20 Å². The van der Waals surface area contributed by atoms with Gasteiger partial charge < -0.3 is 5.73 Å². The Morgan fingerprint density at radius 3 is 2.75 bits per heavy atom. The Balaban J connectivity index is 2.14. The largest absolute Gasteiger partial charge is 0.322 e. The first-order valence-electron chi connectivity index (χ1n) is 5.02. The summed E-state index contributed by atoms with van der Waals surface area (Å²) in [6, 6.07) is 8.06. The Bertz CT molecular complexity index is 459. The summed E-state index contributed by atoms with van der Waals surface area (Å²) in [7, 11) is 0. The van der Waals surface area contributed by atoms with Crippen molar-refractivity contribution in [3.8, 4) is 0 Å². The number of hydrogen-bond donors (Lipinski definition) is 1. The van der Waals surface area contributed by atoms with Crippen molar-refractivity contribution in [2.45, 2.75) is 12.5 Å². The maximum absolute atomic E-state index is 13.4. The van der Waals surface area contributed by atoms with E-state index in [0.717, 1.165) is 5.69 Å². The van der Waals surface area contributed by atoms with E-state index in [-0.39, 0.29) is 11.9 Å². The molecule has 4 heteroatoms. The second-order valence-corrected chi connectivity index (χ2v) is 3.54. The molecule has 0 saturated carbocycles. The van der Waals surface area contributed by atoms with E-state index in [1.807, 2.05) is 0 Å². The highest BCUT2D eigenvalue weighted by molar-refractivity contribution is 5.20. The number of halogens is 1. The fourth-order valence-corrected chi connectivity index (χ4v) is 1.53. The van der Waals surface area contributed by atoms with E-state index in [1.165, 1.54) is 12.4 Å². The standard InChI is InChI=1S/C12H12FN3/c13-10-4-2-1-3-9(10)7-11(14)12-5-6-15-8-16-12/h1-6,8,11H,7,14H2. The molecule has 1 aromatic heterocycles. The normalized spacial score (nSPS) is 12.4. The van der Waals surface area contributed by atoms with Gasteiger partial charge in [-0.15, -0.1) is 0 Å². The minimum atomic E-state index is -0.306. The third-order valence-electron chi connectivity index (χ3n) is 2.38. The van der Waals surface area contributed by atoms with Gasteiger partial charge in [0.05, 0.1) is 11.7 Å². The van der Waals surface area contributed by atoms with Crippen LogP contribution in [0.5, 0.6) is 0 Å². The minimum Gasteiger partial charge on any atom is -0.322 e. The second-order valence-electron chi connectivity index (χ2n) is 3.54. The van der Waals surface area contributed by atoms with Crippen molar-refractivity contribution in [2.24, 2.45) is 5.73 Å². The molecule has 1 atom stereocenters. The first-order chi connectivity index (χ1) is 7.77. The van der Waals surface area contributed by atoms with Crippen molar-refractivity contribution in [3.63, 3.8) is 0 Å². The van der Waals surface area contributed by atoms with Crippen LogP contribution in [0.1, 0.15) is 17.3 Å². The summed E-state index contributed by atoms with van der Waals surface area (Å²) >= 11 is 0.